The van der Waals surface area contributed by atoms with E-state index in [9.17, 15) is 8.42 Å². The van der Waals surface area contributed by atoms with Crippen LogP contribution < -0.4 is 10.5 Å². The van der Waals surface area contributed by atoms with E-state index in [1.165, 1.54) is 25.7 Å². The Labute approximate surface area is 128 Å². The third kappa shape index (κ3) is 3.98. The number of anilines is 1. The zero-order valence-electron chi connectivity index (χ0n) is 13.0. The van der Waals surface area contributed by atoms with Crippen LogP contribution >= 0.6 is 0 Å². The van der Waals surface area contributed by atoms with Crippen molar-refractivity contribution in [2.24, 2.45) is 5.92 Å². The first kappa shape index (κ1) is 16.3. The van der Waals surface area contributed by atoms with Crippen molar-refractivity contribution >= 4 is 15.7 Å². The molecule has 3 N–H and O–H groups in total. The van der Waals surface area contributed by atoms with E-state index in [1.807, 2.05) is 0 Å². The van der Waals surface area contributed by atoms with Crippen molar-refractivity contribution in [2.75, 3.05) is 12.3 Å². The van der Waals surface area contributed by atoms with Crippen molar-refractivity contribution in [1.29, 1.82) is 0 Å². The number of nitrogen functional groups attached to an aromatic ring is 1. The van der Waals surface area contributed by atoms with Crippen LogP contribution in [0.1, 0.15) is 49.7 Å². The molecule has 1 aromatic carbocycles. The number of hydrogen-bond acceptors (Lipinski definition) is 3. The summed E-state index contributed by atoms with van der Waals surface area (Å²) in [6.45, 7) is 4.07. The summed E-state index contributed by atoms with van der Waals surface area (Å²) in [5.41, 5.74) is 7.73. The minimum Gasteiger partial charge on any atom is -0.398 e. The summed E-state index contributed by atoms with van der Waals surface area (Å²) in [6.07, 6.45) is 7.30. The zero-order chi connectivity index (χ0) is 15.5. The average Bonchev–Trinajstić information content (AvgIpc) is 2.92. The van der Waals surface area contributed by atoms with Crippen LogP contribution in [0.25, 0.3) is 0 Å². The molecule has 0 amide bonds. The van der Waals surface area contributed by atoms with Gasteiger partial charge in [0, 0.05) is 12.2 Å². The Morgan fingerprint density at radius 1 is 1.24 bits per heavy atom. The summed E-state index contributed by atoms with van der Waals surface area (Å²) >= 11 is 0. The van der Waals surface area contributed by atoms with E-state index in [-0.39, 0.29) is 0 Å². The van der Waals surface area contributed by atoms with E-state index in [2.05, 4.69) is 4.72 Å². The maximum Gasteiger partial charge on any atom is 0.241 e. The maximum atomic E-state index is 12.5. The lowest BCUT2D eigenvalue weighted by atomic mass is 10.0. The van der Waals surface area contributed by atoms with Crippen molar-refractivity contribution in [3.8, 4) is 0 Å². The molecular formula is C16H26N2O2S. The molecule has 0 bridgehead atoms. The Bertz CT molecular complexity index is 591. The topological polar surface area (TPSA) is 72.2 Å². The largest absolute Gasteiger partial charge is 0.398 e. The van der Waals surface area contributed by atoms with Gasteiger partial charge >= 0.3 is 0 Å². The van der Waals surface area contributed by atoms with Gasteiger partial charge in [0.1, 0.15) is 0 Å². The number of sulfonamides is 1. The molecule has 0 aromatic heterocycles. The molecule has 118 valence electrons. The molecule has 1 aliphatic rings. The third-order valence-corrected chi connectivity index (χ3v) is 6.22. The van der Waals surface area contributed by atoms with Crippen molar-refractivity contribution in [3.63, 3.8) is 0 Å². The van der Waals surface area contributed by atoms with Crippen LogP contribution in [-0.4, -0.2) is 15.0 Å². The highest BCUT2D eigenvalue weighted by molar-refractivity contribution is 7.89. The first-order valence-corrected chi connectivity index (χ1v) is 9.25. The third-order valence-electron chi connectivity index (χ3n) is 4.47. The van der Waals surface area contributed by atoms with Gasteiger partial charge in [-0.3, -0.25) is 0 Å². The Hall–Kier alpha value is -1.07. The molecule has 1 aromatic rings. The van der Waals surface area contributed by atoms with Gasteiger partial charge in [0.05, 0.1) is 4.90 Å². The fraction of sp³-hybridized carbons (Fsp3) is 0.625. The minimum atomic E-state index is -3.47. The summed E-state index contributed by atoms with van der Waals surface area (Å²) < 4.78 is 27.6. The molecule has 0 aliphatic heterocycles. The molecule has 21 heavy (non-hydrogen) atoms. The van der Waals surface area contributed by atoms with Gasteiger partial charge < -0.3 is 5.73 Å². The fourth-order valence-electron chi connectivity index (χ4n) is 3.22. The number of nitrogens with two attached hydrogens (primary N) is 1. The second kappa shape index (κ2) is 6.79. The normalized spacial score (nSPS) is 16.5. The van der Waals surface area contributed by atoms with Crippen molar-refractivity contribution < 1.29 is 8.42 Å². The Kier molecular flexibility index (Phi) is 5.27. The lowest BCUT2D eigenvalue weighted by Crippen LogP contribution is -2.26. The lowest BCUT2D eigenvalue weighted by molar-refractivity contribution is 0.480. The van der Waals surface area contributed by atoms with Gasteiger partial charge in [-0.15, -0.1) is 0 Å². The van der Waals surface area contributed by atoms with Gasteiger partial charge in [0.2, 0.25) is 10.0 Å². The van der Waals surface area contributed by atoms with Crippen LogP contribution in [0.4, 0.5) is 5.69 Å². The molecule has 1 saturated carbocycles. The summed E-state index contributed by atoms with van der Waals surface area (Å²) in [6, 6.07) is 3.51. The molecule has 0 unspecified atom stereocenters. The van der Waals surface area contributed by atoms with E-state index in [4.69, 9.17) is 5.73 Å². The van der Waals surface area contributed by atoms with Crippen molar-refractivity contribution in [1.82, 2.24) is 4.72 Å². The van der Waals surface area contributed by atoms with Gasteiger partial charge in [0.25, 0.3) is 0 Å². The Balaban J connectivity index is 1.97. The number of rotatable bonds is 6. The van der Waals surface area contributed by atoms with Crippen LogP contribution in [0.5, 0.6) is 0 Å². The second-order valence-corrected chi connectivity index (χ2v) is 7.82. The predicted molar refractivity (Wildman–Crippen MR) is 86.7 cm³/mol. The summed E-state index contributed by atoms with van der Waals surface area (Å²) in [5.74, 6) is 0.797. The molecular weight excluding hydrogens is 284 g/mol. The van der Waals surface area contributed by atoms with Crippen LogP contribution in [0.3, 0.4) is 0 Å². The predicted octanol–water partition coefficient (Wildman–Crippen LogP) is 3.13. The molecule has 0 radical (unpaired) electrons. The monoisotopic (exact) mass is 310 g/mol. The van der Waals surface area contributed by atoms with E-state index < -0.39 is 10.0 Å². The van der Waals surface area contributed by atoms with E-state index in [0.29, 0.717) is 22.7 Å². The first-order chi connectivity index (χ1) is 9.92. The minimum absolute atomic E-state index is 0.336. The summed E-state index contributed by atoms with van der Waals surface area (Å²) in [5, 5.41) is 0. The van der Waals surface area contributed by atoms with Gasteiger partial charge in [0.15, 0.2) is 0 Å². The summed E-state index contributed by atoms with van der Waals surface area (Å²) in [4.78, 5) is 0.336. The highest BCUT2D eigenvalue weighted by atomic mass is 32.2. The van der Waals surface area contributed by atoms with Crippen LogP contribution in [0.2, 0.25) is 0 Å². The molecule has 0 saturated heterocycles. The number of benzene rings is 1. The molecule has 0 atom stereocenters. The van der Waals surface area contributed by atoms with Gasteiger partial charge in [-0.25, -0.2) is 13.1 Å². The Morgan fingerprint density at radius 3 is 2.57 bits per heavy atom. The van der Waals surface area contributed by atoms with Crippen molar-refractivity contribution in [2.45, 2.75) is 57.3 Å². The SMILES string of the molecule is Cc1ccc(N)c(C)c1S(=O)(=O)NCCCC1CCCC1. The lowest BCUT2D eigenvalue weighted by Gasteiger charge is -2.14. The van der Waals surface area contributed by atoms with Gasteiger partial charge in [-0.2, -0.15) is 0 Å². The molecule has 5 heteroatoms. The first-order valence-electron chi connectivity index (χ1n) is 7.77. The van der Waals surface area contributed by atoms with Crippen molar-refractivity contribution in [3.05, 3.63) is 23.3 Å². The molecule has 2 rings (SSSR count). The zero-order valence-corrected chi connectivity index (χ0v) is 13.8. The average molecular weight is 310 g/mol. The standard InChI is InChI=1S/C16H26N2O2S/c1-12-9-10-15(17)13(2)16(12)21(19,20)18-11-5-8-14-6-3-4-7-14/h9-10,14,18H,3-8,11,17H2,1-2H3. The quantitative estimate of drug-likeness (QED) is 0.626. The van der Waals surface area contributed by atoms with Crippen LogP contribution in [-0.2, 0) is 10.0 Å². The highest BCUT2D eigenvalue weighted by Crippen LogP contribution is 2.28. The van der Waals surface area contributed by atoms with Gasteiger partial charge in [-0.05, 0) is 49.8 Å². The molecule has 1 fully saturated rings. The Morgan fingerprint density at radius 2 is 1.90 bits per heavy atom. The highest BCUT2D eigenvalue weighted by Gasteiger charge is 2.21. The van der Waals surface area contributed by atoms with Crippen LogP contribution in [0.15, 0.2) is 17.0 Å². The maximum absolute atomic E-state index is 12.5. The molecule has 1 aliphatic carbocycles. The number of hydrogen-bond donors (Lipinski definition) is 2. The number of aryl methyl sites for hydroxylation is 1. The second-order valence-electron chi connectivity index (χ2n) is 6.12. The molecule has 0 heterocycles. The number of nitrogens with one attached hydrogen (secondary N) is 1. The van der Waals surface area contributed by atoms with E-state index in [1.54, 1.807) is 26.0 Å². The molecule has 0 spiro atoms. The van der Waals surface area contributed by atoms with E-state index >= 15 is 0 Å². The van der Waals surface area contributed by atoms with E-state index in [0.717, 1.165) is 24.3 Å². The summed E-state index contributed by atoms with van der Waals surface area (Å²) in [7, 11) is -3.47. The molecule has 4 nitrogen and oxygen atoms in total. The van der Waals surface area contributed by atoms with Crippen LogP contribution in [0, 0.1) is 19.8 Å². The van der Waals surface area contributed by atoms with Gasteiger partial charge in [-0.1, -0.05) is 31.7 Å². The fourth-order valence-corrected chi connectivity index (χ4v) is 4.79. The smallest absolute Gasteiger partial charge is 0.241 e.